The van der Waals surface area contributed by atoms with Crippen molar-refractivity contribution in [3.05, 3.63) is 23.9 Å². The number of rotatable bonds is 6. The minimum Gasteiger partial charge on any atom is -0.357 e. The number of amides is 1. The quantitative estimate of drug-likeness (QED) is 0.578. The Morgan fingerprint density at radius 2 is 1.93 bits per heavy atom. The molecule has 0 atom stereocenters. The highest BCUT2D eigenvalue weighted by Gasteiger charge is 2.18. The molecule has 0 bridgehead atoms. The van der Waals surface area contributed by atoms with Crippen molar-refractivity contribution in [1.82, 2.24) is 20.5 Å². The van der Waals surface area contributed by atoms with Crippen LogP contribution in [0.4, 0.5) is 5.82 Å². The van der Waals surface area contributed by atoms with E-state index in [2.05, 4.69) is 44.6 Å². The van der Waals surface area contributed by atoms with Gasteiger partial charge < -0.3 is 20.4 Å². The lowest BCUT2D eigenvalue weighted by atomic mass is 9.99. The number of aliphatic imine (C=N–C) groups is 1. The van der Waals surface area contributed by atoms with Crippen molar-refractivity contribution < 1.29 is 4.79 Å². The molecule has 0 unspecified atom stereocenters. The third-order valence-electron chi connectivity index (χ3n) is 5.55. The second kappa shape index (κ2) is 10.3. The summed E-state index contributed by atoms with van der Waals surface area (Å²) in [5.41, 5.74) is 1.07. The molecule has 1 aromatic heterocycles. The van der Waals surface area contributed by atoms with Gasteiger partial charge in [-0.1, -0.05) is 13.0 Å². The van der Waals surface area contributed by atoms with Crippen LogP contribution in [0.25, 0.3) is 0 Å². The van der Waals surface area contributed by atoms with Gasteiger partial charge in [0.15, 0.2) is 5.96 Å². The van der Waals surface area contributed by atoms with E-state index in [0.717, 1.165) is 62.9 Å². The van der Waals surface area contributed by atoms with Crippen molar-refractivity contribution in [3.8, 4) is 0 Å². The first kappa shape index (κ1) is 20.4. The van der Waals surface area contributed by atoms with Crippen molar-refractivity contribution in [1.29, 1.82) is 0 Å². The predicted molar refractivity (Wildman–Crippen MR) is 113 cm³/mol. The van der Waals surface area contributed by atoms with E-state index >= 15 is 0 Å². The summed E-state index contributed by atoms with van der Waals surface area (Å²) in [6.45, 7) is 9.86. The van der Waals surface area contributed by atoms with E-state index in [4.69, 9.17) is 0 Å². The Balaban J connectivity index is 1.51. The van der Waals surface area contributed by atoms with Crippen LogP contribution in [0.5, 0.6) is 0 Å². The maximum absolute atomic E-state index is 12.2. The van der Waals surface area contributed by atoms with Gasteiger partial charge in [0.05, 0.1) is 13.1 Å². The highest BCUT2D eigenvalue weighted by molar-refractivity contribution is 5.86. The summed E-state index contributed by atoms with van der Waals surface area (Å²) in [4.78, 5) is 25.7. The molecule has 1 aromatic rings. The van der Waals surface area contributed by atoms with Crippen LogP contribution >= 0.6 is 0 Å². The van der Waals surface area contributed by atoms with Gasteiger partial charge >= 0.3 is 0 Å². The lowest BCUT2D eigenvalue weighted by Crippen LogP contribution is -2.44. The minimum absolute atomic E-state index is 0.143. The molecule has 28 heavy (non-hydrogen) atoms. The SMILES string of the molecule is CCNC(=NCc1ccc(N2CCC(C)CC2)nc1)NCC(=O)N1CCCC1. The van der Waals surface area contributed by atoms with Gasteiger partial charge in [-0.05, 0) is 50.2 Å². The zero-order valence-electron chi connectivity index (χ0n) is 17.3. The van der Waals surface area contributed by atoms with Crippen LogP contribution in [0.15, 0.2) is 23.3 Å². The fraction of sp³-hybridized carbons (Fsp3) is 0.667. The number of aromatic nitrogens is 1. The Morgan fingerprint density at radius 3 is 2.57 bits per heavy atom. The summed E-state index contributed by atoms with van der Waals surface area (Å²) in [6.07, 6.45) is 6.61. The molecule has 2 N–H and O–H groups in total. The number of anilines is 1. The first-order chi connectivity index (χ1) is 13.7. The Bertz CT molecular complexity index is 645. The molecule has 3 rings (SSSR count). The fourth-order valence-electron chi connectivity index (χ4n) is 3.68. The summed E-state index contributed by atoms with van der Waals surface area (Å²) >= 11 is 0. The molecule has 154 valence electrons. The van der Waals surface area contributed by atoms with Crippen molar-refractivity contribution in [2.45, 2.75) is 46.1 Å². The smallest absolute Gasteiger partial charge is 0.241 e. The third-order valence-corrected chi connectivity index (χ3v) is 5.55. The normalized spacial score (nSPS) is 18.4. The van der Waals surface area contributed by atoms with Crippen molar-refractivity contribution in [2.24, 2.45) is 10.9 Å². The van der Waals surface area contributed by atoms with Crippen LogP contribution in [0.1, 0.15) is 45.1 Å². The number of pyridine rings is 1. The lowest BCUT2D eigenvalue weighted by Gasteiger charge is -2.31. The van der Waals surface area contributed by atoms with Crippen LogP contribution in [0.2, 0.25) is 0 Å². The second-order valence-corrected chi connectivity index (χ2v) is 7.83. The van der Waals surface area contributed by atoms with Gasteiger partial charge in [0.25, 0.3) is 0 Å². The van der Waals surface area contributed by atoms with Crippen LogP contribution < -0.4 is 15.5 Å². The zero-order valence-corrected chi connectivity index (χ0v) is 17.3. The number of hydrogen-bond donors (Lipinski definition) is 2. The maximum Gasteiger partial charge on any atom is 0.241 e. The number of likely N-dealkylation sites (tertiary alicyclic amines) is 1. The first-order valence-corrected chi connectivity index (χ1v) is 10.7. The van der Waals surface area contributed by atoms with E-state index in [9.17, 15) is 4.79 Å². The van der Waals surface area contributed by atoms with Crippen LogP contribution in [-0.4, -0.2) is 61.0 Å². The fourth-order valence-corrected chi connectivity index (χ4v) is 3.68. The zero-order chi connectivity index (χ0) is 19.8. The van der Waals surface area contributed by atoms with Gasteiger partial charge in [-0.25, -0.2) is 9.98 Å². The monoisotopic (exact) mass is 386 g/mol. The molecule has 2 aliphatic heterocycles. The van der Waals surface area contributed by atoms with E-state index in [1.165, 1.54) is 12.8 Å². The number of guanidine groups is 1. The molecular weight excluding hydrogens is 352 g/mol. The molecule has 0 spiro atoms. The number of nitrogens with one attached hydrogen (secondary N) is 2. The molecule has 2 aliphatic rings. The van der Waals surface area contributed by atoms with Crippen molar-refractivity contribution in [2.75, 3.05) is 44.2 Å². The van der Waals surface area contributed by atoms with Crippen LogP contribution in [0.3, 0.4) is 0 Å². The average Bonchev–Trinajstić information content (AvgIpc) is 3.26. The Labute approximate surface area is 168 Å². The summed E-state index contributed by atoms with van der Waals surface area (Å²) in [5.74, 6) is 2.69. The predicted octanol–water partition coefficient (Wildman–Crippen LogP) is 2.00. The summed E-state index contributed by atoms with van der Waals surface area (Å²) in [6, 6.07) is 4.20. The van der Waals surface area contributed by atoms with Gasteiger partial charge in [0.1, 0.15) is 5.82 Å². The number of carbonyl (C=O) groups excluding carboxylic acids is 1. The Kier molecular flexibility index (Phi) is 7.51. The van der Waals surface area contributed by atoms with Crippen LogP contribution in [0, 0.1) is 5.92 Å². The molecule has 0 radical (unpaired) electrons. The lowest BCUT2D eigenvalue weighted by molar-refractivity contribution is -0.128. The first-order valence-electron chi connectivity index (χ1n) is 10.7. The summed E-state index contributed by atoms with van der Waals surface area (Å²) in [7, 11) is 0. The third kappa shape index (κ3) is 5.84. The van der Waals surface area contributed by atoms with E-state index in [1.807, 2.05) is 18.0 Å². The molecule has 3 heterocycles. The maximum atomic E-state index is 12.2. The largest absolute Gasteiger partial charge is 0.357 e. The average molecular weight is 387 g/mol. The van der Waals surface area contributed by atoms with Gasteiger partial charge in [0, 0.05) is 38.9 Å². The summed E-state index contributed by atoms with van der Waals surface area (Å²) < 4.78 is 0. The van der Waals surface area contributed by atoms with Crippen molar-refractivity contribution >= 4 is 17.7 Å². The number of carbonyl (C=O) groups is 1. The number of piperidine rings is 1. The van der Waals surface area contributed by atoms with Gasteiger partial charge in [-0.2, -0.15) is 0 Å². The second-order valence-electron chi connectivity index (χ2n) is 7.83. The molecule has 1 amide bonds. The van der Waals surface area contributed by atoms with E-state index in [1.54, 1.807) is 0 Å². The number of nitrogens with zero attached hydrogens (tertiary/aromatic N) is 4. The van der Waals surface area contributed by atoms with Gasteiger partial charge in [-0.15, -0.1) is 0 Å². The van der Waals surface area contributed by atoms with E-state index in [0.29, 0.717) is 12.5 Å². The van der Waals surface area contributed by atoms with E-state index < -0.39 is 0 Å². The van der Waals surface area contributed by atoms with Gasteiger partial charge in [0.2, 0.25) is 5.91 Å². The van der Waals surface area contributed by atoms with Crippen LogP contribution in [-0.2, 0) is 11.3 Å². The molecule has 2 saturated heterocycles. The molecular formula is C21H34N6O. The standard InChI is InChI=1S/C21H34N6O/c1-3-22-21(25-16-20(28)27-10-4-5-11-27)24-15-18-6-7-19(23-14-18)26-12-8-17(2)9-13-26/h6-7,14,17H,3-5,8-13,15-16H2,1-2H3,(H2,22,24,25). The summed E-state index contributed by atoms with van der Waals surface area (Å²) in [5, 5.41) is 6.36. The number of hydrogen-bond acceptors (Lipinski definition) is 4. The molecule has 0 saturated carbocycles. The molecule has 7 heteroatoms. The topological polar surface area (TPSA) is 72.9 Å². The Morgan fingerprint density at radius 1 is 1.18 bits per heavy atom. The highest BCUT2D eigenvalue weighted by atomic mass is 16.2. The molecule has 0 aliphatic carbocycles. The highest BCUT2D eigenvalue weighted by Crippen LogP contribution is 2.21. The molecule has 0 aromatic carbocycles. The molecule has 7 nitrogen and oxygen atoms in total. The molecule has 2 fully saturated rings. The van der Waals surface area contributed by atoms with Gasteiger partial charge in [-0.3, -0.25) is 4.79 Å². The van der Waals surface area contributed by atoms with E-state index in [-0.39, 0.29) is 12.5 Å². The van der Waals surface area contributed by atoms with Crippen molar-refractivity contribution in [3.63, 3.8) is 0 Å². The Hall–Kier alpha value is -2.31. The minimum atomic E-state index is 0.143.